The Bertz CT molecular complexity index is 1250. The van der Waals surface area contributed by atoms with E-state index >= 15 is 0 Å². The van der Waals surface area contributed by atoms with Gasteiger partial charge in [0.1, 0.15) is 17.4 Å². The van der Waals surface area contributed by atoms with Crippen molar-refractivity contribution < 1.29 is 27.8 Å². The Morgan fingerprint density at radius 1 is 0.939 bits per heavy atom. The molecule has 0 amide bonds. The molecule has 3 aromatic rings. The van der Waals surface area contributed by atoms with Crippen molar-refractivity contribution in [3.63, 3.8) is 0 Å². The van der Waals surface area contributed by atoms with E-state index in [9.17, 15) is 18.4 Å². The molecule has 6 heteroatoms. The number of rotatable bonds is 6. The summed E-state index contributed by atoms with van der Waals surface area (Å²) in [5.74, 6) is -1.99. The topological polar surface area (TPSA) is 52.6 Å². The van der Waals surface area contributed by atoms with Crippen LogP contribution in [0, 0.1) is 11.6 Å². The molecule has 0 bridgehead atoms. The summed E-state index contributed by atoms with van der Waals surface area (Å²) in [4.78, 5) is 25.2. The van der Waals surface area contributed by atoms with Crippen LogP contribution >= 0.6 is 0 Å². The Balaban J connectivity index is 1.62. The van der Waals surface area contributed by atoms with E-state index in [0.29, 0.717) is 22.4 Å². The summed E-state index contributed by atoms with van der Waals surface area (Å²) in [6.45, 7) is 3.42. The molecule has 1 aliphatic heterocycles. The largest absolute Gasteiger partial charge is 0.495 e. The maximum absolute atomic E-state index is 13.9. The van der Waals surface area contributed by atoms with Crippen LogP contribution in [-0.2, 0) is 16.0 Å². The van der Waals surface area contributed by atoms with Gasteiger partial charge in [-0.15, -0.1) is 0 Å². The van der Waals surface area contributed by atoms with Crippen LogP contribution < -0.4 is 4.74 Å². The van der Waals surface area contributed by atoms with Gasteiger partial charge in [0.2, 0.25) is 5.78 Å². The SMILES string of the molecule is COc1c(C2=COC(C)(C)C2=O)cccc1-c1ccc(CC(=O)c2c(F)cccc2F)cc1. The zero-order chi connectivity index (χ0) is 23.8. The van der Waals surface area contributed by atoms with Gasteiger partial charge in [-0.1, -0.05) is 48.5 Å². The van der Waals surface area contributed by atoms with Crippen molar-refractivity contribution in [3.05, 3.63) is 95.3 Å². The van der Waals surface area contributed by atoms with Gasteiger partial charge in [0.05, 0.1) is 24.5 Å². The number of carbonyl (C=O) groups is 2. The lowest BCUT2D eigenvalue weighted by Crippen LogP contribution is -2.29. The Hall–Kier alpha value is -3.80. The molecular weight excluding hydrogens is 426 g/mol. The Kier molecular flexibility index (Phi) is 5.85. The number of ketones is 2. The van der Waals surface area contributed by atoms with Gasteiger partial charge in [0.25, 0.3) is 0 Å². The molecule has 0 saturated carbocycles. The highest BCUT2D eigenvalue weighted by Crippen LogP contribution is 2.40. The van der Waals surface area contributed by atoms with Crippen LogP contribution in [0.4, 0.5) is 8.78 Å². The third-order valence-electron chi connectivity index (χ3n) is 5.64. The third-order valence-corrected chi connectivity index (χ3v) is 5.64. The van der Waals surface area contributed by atoms with Gasteiger partial charge in [0, 0.05) is 17.5 Å². The first-order valence-electron chi connectivity index (χ1n) is 10.4. The molecule has 3 aromatic carbocycles. The number of benzene rings is 3. The van der Waals surface area contributed by atoms with Crippen molar-refractivity contribution >= 4 is 17.1 Å². The predicted octanol–water partition coefficient (Wildman–Crippen LogP) is 5.78. The molecule has 0 saturated heterocycles. The first-order valence-corrected chi connectivity index (χ1v) is 10.4. The second kappa shape index (κ2) is 8.62. The molecule has 168 valence electrons. The number of Topliss-reactive ketones (excluding diaryl/α,β-unsaturated/α-hetero) is 2. The molecule has 1 heterocycles. The number of hydrogen-bond acceptors (Lipinski definition) is 4. The lowest BCUT2D eigenvalue weighted by molar-refractivity contribution is -0.125. The molecule has 0 aromatic heterocycles. The average molecular weight is 448 g/mol. The van der Waals surface area contributed by atoms with Crippen molar-refractivity contribution in [2.75, 3.05) is 7.11 Å². The second-order valence-electron chi connectivity index (χ2n) is 8.27. The van der Waals surface area contributed by atoms with Crippen molar-refractivity contribution in [1.82, 2.24) is 0 Å². The lowest BCUT2D eigenvalue weighted by atomic mass is 9.91. The molecule has 4 rings (SSSR count). The van der Waals surface area contributed by atoms with E-state index < -0.39 is 28.6 Å². The summed E-state index contributed by atoms with van der Waals surface area (Å²) in [6.07, 6.45) is 1.32. The lowest BCUT2D eigenvalue weighted by Gasteiger charge is -2.17. The van der Waals surface area contributed by atoms with Crippen molar-refractivity contribution in [1.29, 1.82) is 0 Å². The first kappa shape index (κ1) is 22.4. The Labute approximate surface area is 190 Å². The molecule has 0 spiro atoms. The maximum atomic E-state index is 13.9. The van der Waals surface area contributed by atoms with Gasteiger partial charge in [-0.3, -0.25) is 9.59 Å². The van der Waals surface area contributed by atoms with Crippen LogP contribution in [0.15, 0.2) is 66.9 Å². The zero-order valence-corrected chi connectivity index (χ0v) is 18.4. The molecule has 4 nitrogen and oxygen atoms in total. The van der Waals surface area contributed by atoms with E-state index in [1.54, 1.807) is 44.2 Å². The molecule has 1 aliphatic rings. The molecule has 0 atom stereocenters. The van der Waals surface area contributed by atoms with Crippen LogP contribution in [0.1, 0.15) is 35.3 Å². The standard InChI is InChI=1S/C27H22F2O4/c1-27(2)26(31)20(15-33-27)19-7-4-6-18(25(19)32-3)17-12-10-16(11-13-17)14-23(30)24-21(28)8-5-9-22(24)29/h4-13,15H,14H2,1-3H3. The maximum Gasteiger partial charge on any atom is 0.209 e. The minimum Gasteiger partial charge on any atom is -0.495 e. The summed E-state index contributed by atoms with van der Waals surface area (Å²) in [7, 11) is 1.53. The number of ether oxygens (including phenoxy) is 2. The Morgan fingerprint density at radius 2 is 1.55 bits per heavy atom. The van der Waals surface area contributed by atoms with E-state index in [-0.39, 0.29) is 12.2 Å². The highest BCUT2D eigenvalue weighted by molar-refractivity contribution is 6.26. The van der Waals surface area contributed by atoms with Gasteiger partial charge in [-0.05, 0) is 37.1 Å². The van der Waals surface area contributed by atoms with E-state index in [4.69, 9.17) is 9.47 Å². The van der Waals surface area contributed by atoms with Crippen LogP contribution in [-0.4, -0.2) is 24.3 Å². The van der Waals surface area contributed by atoms with E-state index in [2.05, 4.69) is 0 Å². The molecule has 0 N–H and O–H groups in total. The fourth-order valence-electron chi connectivity index (χ4n) is 3.86. The summed E-state index contributed by atoms with van der Waals surface area (Å²) >= 11 is 0. The highest BCUT2D eigenvalue weighted by atomic mass is 19.1. The fourth-order valence-corrected chi connectivity index (χ4v) is 3.86. The van der Waals surface area contributed by atoms with Crippen LogP contribution in [0.5, 0.6) is 5.75 Å². The quantitative estimate of drug-likeness (QED) is 0.448. The van der Waals surface area contributed by atoms with Crippen LogP contribution in [0.2, 0.25) is 0 Å². The van der Waals surface area contributed by atoms with Gasteiger partial charge in [0.15, 0.2) is 11.4 Å². The summed E-state index contributed by atoms with van der Waals surface area (Å²) < 4.78 is 39.0. The first-order chi connectivity index (χ1) is 15.7. The predicted molar refractivity (Wildman–Crippen MR) is 121 cm³/mol. The summed E-state index contributed by atoms with van der Waals surface area (Å²) in [5, 5.41) is 0. The smallest absolute Gasteiger partial charge is 0.209 e. The normalized spacial score (nSPS) is 14.6. The minimum atomic E-state index is -0.928. The number of hydrogen-bond donors (Lipinski definition) is 0. The van der Waals surface area contributed by atoms with E-state index in [1.165, 1.54) is 19.4 Å². The van der Waals surface area contributed by atoms with Gasteiger partial charge >= 0.3 is 0 Å². The second-order valence-corrected chi connectivity index (χ2v) is 8.27. The third kappa shape index (κ3) is 4.16. The Morgan fingerprint density at radius 3 is 2.12 bits per heavy atom. The molecule has 0 unspecified atom stereocenters. The summed E-state index contributed by atoms with van der Waals surface area (Å²) in [6, 6.07) is 15.9. The fraction of sp³-hybridized carbons (Fsp3) is 0.185. The summed E-state index contributed by atoms with van der Waals surface area (Å²) in [5.41, 5.74) is 1.77. The van der Waals surface area contributed by atoms with Gasteiger partial charge < -0.3 is 9.47 Å². The number of carbonyl (C=O) groups excluding carboxylic acids is 2. The van der Waals surface area contributed by atoms with Crippen molar-refractivity contribution in [2.45, 2.75) is 25.9 Å². The van der Waals surface area contributed by atoms with E-state index in [1.807, 2.05) is 12.1 Å². The molecule has 0 fully saturated rings. The van der Waals surface area contributed by atoms with Crippen LogP contribution in [0.25, 0.3) is 16.7 Å². The zero-order valence-electron chi connectivity index (χ0n) is 18.4. The average Bonchev–Trinajstić information content (AvgIpc) is 3.06. The minimum absolute atomic E-state index is 0.132. The number of methoxy groups -OCH3 is 1. The number of halogens is 2. The highest BCUT2D eigenvalue weighted by Gasteiger charge is 2.38. The van der Waals surface area contributed by atoms with Gasteiger partial charge in [-0.2, -0.15) is 0 Å². The van der Waals surface area contributed by atoms with E-state index in [0.717, 1.165) is 23.3 Å². The monoisotopic (exact) mass is 448 g/mol. The van der Waals surface area contributed by atoms with Gasteiger partial charge in [-0.25, -0.2) is 8.78 Å². The molecule has 33 heavy (non-hydrogen) atoms. The molecule has 0 aliphatic carbocycles. The number of para-hydroxylation sites is 1. The van der Waals surface area contributed by atoms with Crippen molar-refractivity contribution in [2.24, 2.45) is 0 Å². The molecule has 0 radical (unpaired) electrons. The van der Waals surface area contributed by atoms with Crippen molar-refractivity contribution in [3.8, 4) is 16.9 Å². The molecular formula is C27H22F2O4. The van der Waals surface area contributed by atoms with Crippen LogP contribution in [0.3, 0.4) is 0 Å².